The summed E-state index contributed by atoms with van der Waals surface area (Å²) < 4.78 is 40.9. The maximum Gasteiger partial charge on any atom is 0.422 e. The number of hydrogen-bond donors (Lipinski definition) is 1. The molecule has 146 valence electrons. The summed E-state index contributed by atoms with van der Waals surface area (Å²) >= 11 is 0. The minimum atomic E-state index is -4.44. The van der Waals surface area contributed by atoms with E-state index in [1.165, 1.54) is 11.6 Å². The van der Waals surface area contributed by atoms with E-state index in [1.54, 1.807) is 13.0 Å². The van der Waals surface area contributed by atoms with Gasteiger partial charge in [-0.3, -0.25) is 4.79 Å². The van der Waals surface area contributed by atoms with E-state index in [2.05, 4.69) is 41.7 Å². The zero-order valence-corrected chi connectivity index (χ0v) is 15.9. The molecule has 0 bridgehead atoms. The molecule has 1 amide bonds. The SMILES string of the molecule is C=N/C(=C\C=C(/C)CNC(=O)C1C(C=C(C)C)C1(C)C)OCC(F)(F)F. The molecule has 0 aromatic heterocycles. The molecule has 1 saturated carbocycles. The van der Waals surface area contributed by atoms with Crippen molar-refractivity contribution < 1.29 is 22.7 Å². The molecule has 2 atom stereocenters. The first-order chi connectivity index (χ1) is 11.9. The molecule has 0 aromatic rings. The average Bonchev–Trinajstić information content (AvgIpc) is 3.03. The standard InChI is InChI=1S/C19H27F3N2O2/c1-12(2)9-14-16(18(14,4)5)17(25)24-10-13(3)7-8-15(23-6)26-11-19(20,21)22/h7-9,14,16H,6,10-11H2,1-5H3,(H,24,25)/b13-7+,15-8+. The second-order valence-electron chi connectivity index (χ2n) is 7.37. The maximum atomic E-state index is 12.4. The quantitative estimate of drug-likeness (QED) is 0.297. The Morgan fingerprint density at radius 3 is 2.38 bits per heavy atom. The van der Waals surface area contributed by atoms with E-state index in [1.807, 2.05) is 13.8 Å². The summed E-state index contributed by atoms with van der Waals surface area (Å²) in [4.78, 5) is 15.8. The molecule has 26 heavy (non-hydrogen) atoms. The number of allylic oxidation sites excluding steroid dienone is 4. The Kier molecular flexibility index (Phi) is 7.24. The molecule has 0 heterocycles. The Morgan fingerprint density at radius 1 is 1.27 bits per heavy atom. The van der Waals surface area contributed by atoms with Crippen LogP contribution < -0.4 is 5.32 Å². The van der Waals surface area contributed by atoms with Gasteiger partial charge < -0.3 is 10.1 Å². The van der Waals surface area contributed by atoms with E-state index >= 15 is 0 Å². The highest BCUT2D eigenvalue weighted by atomic mass is 19.4. The van der Waals surface area contributed by atoms with Crippen LogP contribution in [0.4, 0.5) is 13.2 Å². The predicted molar refractivity (Wildman–Crippen MR) is 96.6 cm³/mol. The van der Waals surface area contributed by atoms with Crippen LogP contribution in [0.5, 0.6) is 0 Å². The molecule has 1 N–H and O–H groups in total. The van der Waals surface area contributed by atoms with Crippen LogP contribution in [0.1, 0.15) is 34.6 Å². The lowest BCUT2D eigenvalue weighted by atomic mass is 10.1. The molecule has 4 nitrogen and oxygen atoms in total. The molecule has 0 aliphatic heterocycles. The van der Waals surface area contributed by atoms with Gasteiger partial charge in [-0.2, -0.15) is 13.2 Å². The first-order valence-electron chi connectivity index (χ1n) is 8.35. The highest BCUT2D eigenvalue weighted by Gasteiger charge is 2.60. The van der Waals surface area contributed by atoms with Gasteiger partial charge in [0.15, 0.2) is 6.61 Å². The number of rotatable bonds is 8. The molecule has 1 aliphatic carbocycles. The summed E-state index contributed by atoms with van der Waals surface area (Å²) in [6.45, 7) is 11.9. The van der Waals surface area contributed by atoms with Crippen molar-refractivity contribution in [2.24, 2.45) is 22.2 Å². The van der Waals surface area contributed by atoms with Crippen LogP contribution in [0, 0.1) is 17.3 Å². The van der Waals surface area contributed by atoms with Crippen LogP contribution in [0.25, 0.3) is 0 Å². The molecule has 1 aliphatic rings. The van der Waals surface area contributed by atoms with Crippen LogP contribution in [-0.4, -0.2) is 32.0 Å². The van der Waals surface area contributed by atoms with Gasteiger partial charge >= 0.3 is 6.18 Å². The summed E-state index contributed by atoms with van der Waals surface area (Å²) in [5.74, 6) is -0.0881. The Labute approximate surface area is 152 Å². The number of hydrogen-bond acceptors (Lipinski definition) is 3. The second-order valence-corrected chi connectivity index (χ2v) is 7.37. The Morgan fingerprint density at radius 2 is 1.88 bits per heavy atom. The van der Waals surface area contributed by atoms with Gasteiger partial charge in [0, 0.05) is 12.6 Å². The molecule has 0 aromatic carbocycles. The topological polar surface area (TPSA) is 50.7 Å². The van der Waals surface area contributed by atoms with Crippen LogP contribution in [-0.2, 0) is 9.53 Å². The van der Waals surface area contributed by atoms with Crippen molar-refractivity contribution in [3.05, 3.63) is 35.3 Å². The molecule has 0 radical (unpaired) electrons. The molecular formula is C19H27F3N2O2. The van der Waals surface area contributed by atoms with E-state index in [0.29, 0.717) is 6.54 Å². The maximum absolute atomic E-state index is 12.4. The monoisotopic (exact) mass is 372 g/mol. The van der Waals surface area contributed by atoms with Crippen molar-refractivity contribution in [2.75, 3.05) is 13.2 Å². The number of amides is 1. The van der Waals surface area contributed by atoms with E-state index in [-0.39, 0.29) is 29.0 Å². The van der Waals surface area contributed by atoms with Crippen molar-refractivity contribution in [3.63, 3.8) is 0 Å². The number of ether oxygens (including phenoxy) is 1. The Hall–Kier alpha value is -2.05. The fourth-order valence-electron chi connectivity index (χ4n) is 2.76. The fourth-order valence-corrected chi connectivity index (χ4v) is 2.76. The summed E-state index contributed by atoms with van der Waals surface area (Å²) in [5.41, 5.74) is 1.87. The van der Waals surface area contributed by atoms with Gasteiger partial charge in [0.2, 0.25) is 11.8 Å². The normalized spacial score (nSPS) is 22.5. The summed E-state index contributed by atoms with van der Waals surface area (Å²) in [5, 5.41) is 2.87. The molecule has 1 fully saturated rings. The number of nitrogens with one attached hydrogen (secondary N) is 1. The lowest BCUT2D eigenvalue weighted by Gasteiger charge is -2.08. The van der Waals surface area contributed by atoms with Gasteiger partial charge in [-0.25, -0.2) is 4.99 Å². The molecule has 0 spiro atoms. The number of halogens is 3. The van der Waals surface area contributed by atoms with Crippen molar-refractivity contribution in [1.29, 1.82) is 0 Å². The lowest BCUT2D eigenvalue weighted by Crippen LogP contribution is -2.28. The van der Waals surface area contributed by atoms with Gasteiger partial charge in [0.05, 0.1) is 5.92 Å². The minimum absolute atomic E-state index is 0.0235. The van der Waals surface area contributed by atoms with Crippen molar-refractivity contribution in [1.82, 2.24) is 5.32 Å². The average molecular weight is 372 g/mol. The smallest absolute Gasteiger partial charge is 0.422 e. The zero-order valence-electron chi connectivity index (χ0n) is 15.9. The van der Waals surface area contributed by atoms with Gasteiger partial charge in [-0.1, -0.05) is 37.1 Å². The van der Waals surface area contributed by atoms with Crippen LogP contribution >= 0.6 is 0 Å². The van der Waals surface area contributed by atoms with Gasteiger partial charge in [0.25, 0.3) is 0 Å². The fraction of sp³-hybridized carbons (Fsp3) is 0.579. The third kappa shape index (κ3) is 6.69. The van der Waals surface area contributed by atoms with E-state index in [9.17, 15) is 18.0 Å². The number of aliphatic imine (C=N–C) groups is 1. The van der Waals surface area contributed by atoms with E-state index < -0.39 is 12.8 Å². The molecular weight excluding hydrogens is 345 g/mol. The Balaban J connectivity index is 2.57. The number of nitrogens with zero attached hydrogens (tertiary/aromatic N) is 1. The third-order valence-electron chi connectivity index (χ3n) is 4.30. The summed E-state index contributed by atoms with van der Waals surface area (Å²) in [6.07, 6.45) is 0.532. The largest absolute Gasteiger partial charge is 0.468 e. The highest BCUT2D eigenvalue weighted by molar-refractivity contribution is 5.83. The van der Waals surface area contributed by atoms with Crippen LogP contribution in [0.3, 0.4) is 0 Å². The Bertz CT molecular complexity index is 627. The molecule has 7 heteroatoms. The highest BCUT2D eigenvalue weighted by Crippen LogP contribution is 2.59. The van der Waals surface area contributed by atoms with Gasteiger partial charge in [-0.15, -0.1) is 0 Å². The predicted octanol–water partition coefficient (Wildman–Crippen LogP) is 4.41. The third-order valence-corrected chi connectivity index (χ3v) is 4.30. The van der Waals surface area contributed by atoms with E-state index in [0.717, 1.165) is 5.57 Å². The second kappa shape index (κ2) is 8.56. The van der Waals surface area contributed by atoms with Crippen molar-refractivity contribution in [3.8, 4) is 0 Å². The minimum Gasteiger partial charge on any atom is -0.468 e. The number of carbonyl (C=O) groups excluding carboxylic acids is 1. The molecule has 2 unspecified atom stereocenters. The first-order valence-corrected chi connectivity index (χ1v) is 8.35. The number of carbonyl (C=O) groups is 1. The van der Waals surface area contributed by atoms with Crippen molar-refractivity contribution >= 4 is 12.6 Å². The van der Waals surface area contributed by atoms with Crippen LogP contribution in [0.15, 0.2) is 40.2 Å². The number of alkyl halides is 3. The first kappa shape index (κ1) is 22.0. The summed E-state index contributed by atoms with van der Waals surface area (Å²) in [6, 6.07) is 0. The summed E-state index contributed by atoms with van der Waals surface area (Å²) in [7, 11) is 0. The van der Waals surface area contributed by atoms with Gasteiger partial charge in [-0.05, 0) is 38.8 Å². The molecule has 0 saturated heterocycles. The molecule has 1 rings (SSSR count). The van der Waals surface area contributed by atoms with Crippen LogP contribution in [0.2, 0.25) is 0 Å². The van der Waals surface area contributed by atoms with E-state index in [4.69, 9.17) is 0 Å². The van der Waals surface area contributed by atoms with Gasteiger partial charge in [0.1, 0.15) is 0 Å². The van der Waals surface area contributed by atoms with Crippen molar-refractivity contribution in [2.45, 2.75) is 40.8 Å². The lowest BCUT2D eigenvalue weighted by molar-refractivity contribution is -0.164. The zero-order chi connectivity index (χ0) is 20.1.